The van der Waals surface area contributed by atoms with E-state index < -0.39 is 11.9 Å². The number of carbonyl (C=O) groups is 2. The molecule has 8 nitrogen and oxygen atoms in total. The number of hydrogen-bond acceptors (Lipinski definition) is 5. The van der Waals surface area contributed by atoms with Crippen molar-refractivity contribution in [1.29, 1.82) is 0 Å². The van der Waals surface area contributed by atoms with Gasteiger partial charge >= 0.3 is 11.9 Å². The van der Waals surface area contributed by atoms with Gasteiger partial charge in [0.2, 0.25) is 5.95 Å². The SMILES string of the molecule is CCc1ccc(CNc2ncc(-c3ccc(OC)cc3)n2C)cc1.O=C(O)C(=O)O. The van der Waals surface area contributed by atoms with Crippen LogP contribution in [0.4, 0.5) is 5.95 Å². The Morgan fingerprint density at radius 3 is 2.07 bits per heavy atom. The van der Waals surface area contributed by atoms with Crippen molar-refractivity contribution in [3.63, 3.8) is 0 Å². The lowest BCUT2D eigenvalue weighted by Crippen LogP contribution is -2.09. The molecule has 158 valence electrons. The highest BCUT2D eigenvalue weighted by Crippen LogP contribution is 2.24. The van der Waals surface area contributed by atoms with Crippen molar-refractivity contribution in [2.24, 2.45) is 7.05 Å². The van der Waals surface area contributed by atoms with E-state index >= 15 is 0 Å². The largest absolute Gasteiger partial charge is 0.497 e. The number of anilines is 1. The summed E-state index contributed by atoms with van der Waals surface area (Å²) in [4.78, 5) is 22.7. The van der Waals surface area contributed by atoms with E-state index in [1.165, 1.54) is 11.1 Å². The number of nitrogens with zero attached hydrogens (tertiary/aromatic N) is 2. The number of aliphatic carboxylic acids is 2. The van der Waals surface area contributed by atoms with E-state index in [1.54, 1.807) is 7.11 Å². The first kappa shape index (κ1) is 22.5. The van der Waals surface area contributed by atoms with Gasteiger partial charge in [-0.3, -0.25) is 0 Å². The van der Waals surface area contributed by atoms with Crippen LogP contribution in [0.25, 0.3) is 11.3 Å². The Morgan fingerprint density at radius 1 is 1.00 bits per heavy atom. The molecule has 3 aromatic rings. The van der Waals surface area contributed by atoms with Crippen molar-refractivity contribution < 1.29 is 24.5 Å². The average Bonchev–Trinajstić information content (AvgIpc) is 3.13. The van der Waals surface area contributed by atoms with Crippen LogP contribution in [-0.4, -0.2) is 38.8 Å². The fraction of sp³-hybridized carbons (Fsp3) is 0.227. The Hall–Kier alpha value is -3.81. The number of ether oxygens (including phenoxy) is 1. The first-order valence-electron chi connectivity index (χ1n) is 9.29. The maximum absolute atomic E-state index is 9.10. The molecule has 0 aliphatic rings. The Bertz CT molecular complexity index is 967. The molecule has 0 spiro atoms. The minimum Gasteiger partial charge on any atom is -0.497 e. The number of carboxylic acid groups (broad SMARTS) is 2. The van der Waals surface area contributed by atoms with Crippen molar-refractivity contribution in [2.75, 3.05) is 12.4 Å². The van der Waals surface area contributed by atoms with E-state index in [2.05, 4.69) is 46.1 Å². The van der Waals surface area contributed by atoms with E-state index in [0.29, 0.717) is 0 Å². The lowest BCUT2D eigenvalue weighted by Gasteiger charge is -2.09. The third-order valence-electron chi connectivity index (χ3n) is 4.44. The molecule has 0 aliphatic carbocycles. The van der Waals surface area contributed by atoms with Gasteiger partial charge in [-0.25, -0.2) is 14.6 Å². The summed E-state index contributed by atoms with van der Waals surface area (Å²) in [7, 11) is 3.70. The Morgan fingerprint density at radius 2 is 1.57 bits per heavy atom. The van der Waals surface area contributed by atoms with Crippen LogP contribution < -0.4 is 10.1 Å². The second-order valence-corrected chi connectivity index (χ2v) is 6.39. The van der Waals surface area contributed by atoms with E-state index in [9.17, 15) is 0 Å². The number of nitrogens with one attached hydrogen (secondary N) is 1. The van der Waals surface area contributed by atoms with Crippen molar-refractivity contribution >= 4 is 17.9 Å². The molecule has 8 heteroatoms. The van der Waals surface area contributed by atoms with Gasteiger partial charge in [-0.2, -0.15) is 0 Å². The van der Waals surface area contributed by atoms with E-state index in [4.69, 9.17) is 24.5 Å². The van der Waals surface area contributed by atoms with Crippen LogP contribution >= 0.6 is 0 Å². The van der Waals surface area contributed by atoms with Gasteiger partial charge < -0.3 is 24.8 Å². The summed E-state index contributed by atoms with van der Waals surface area (Å²) in [5.41, 5.74) is 4.80. The molecule has 30 heavy (non-hydrogen) atoms. The minimum atomic E-state index is -1.82. The van der Waals surface area contributed by atoms with Gasteiger partial charge in [0.25, 0.3) is 0 Å². The van der Waals surface area contributed by atoms with Gasteiger partial charge in [0, 0.05) is 19.2 Å². The van der Waals surface area contributed by atoms with Gasteiger partial charge in [0.1, 0.15) is 5.75 Å². The third kappa shape index (κ3) is 6.10. The Labute approximate surface area is 174 Å². The highest BCUT2D eigenvalue weighted by Gasteiger charge is 2.08. The van der Waals surface area contributed by atoms with Gasteiger partial charge in [-0.05, 0) is 41.8 Å². The number of methoxy groups -OCH3 is 1. The molecule has 0 saturated heterocycles. The maximum atomic E-state index is 9.10. The van der Waals surface area contributed by atoms with Crippen LogP contribution in [-0.2, 0) is 29.6 Å². The van der Waals surface area contributed by atoms with Gasteiger partial charge in [-0.1, -0.05) is 31.2 Å². The molecule has 0 fully saturated rings. The van der Waals surface area contributed by atoms with Crippen LogP contribution in [0, 0.1) is 0 Å². The number of imidazole rings is 1. The van der Waals surface area contributed by atoms with E-state index in [-0.39, 0.29) is 0 Å². The molecule has 0 saturated carbocycles. The van der Waals surface area contributed by atoms with Crippen LogP contribution in [0.15, 0.2) is 54.7 Å². The first-order valence-corrected chi connectivity index (χ1v) is 9.29. The standard InChI is InChI=1S/C20H23N3O.C2H2O4/c1-4-15-5-7-16(8-6-15)13-21-20-22-14-19(23(20)2)17-9-11-18(24-3)12-10-17;3-1(4)2(5)6/h5-12,14H,4,13H2,1-3H3,(H,21,22);(H,3,4)(H,5,6). The summed E-state index contributed by atoms with van der Waals surface area (Å²) in [6, 6.07) is 16.7. The maximum Gasteiger partial charge on any atom is 0.414 e. The predicted octanol–water partition coefficient (Wildman–Crippen LogP) is 3.43. The number of hydrogen-bond donors (Lipinski definition) is 3. The predicted molar refractivity (Wildman–Crippen MR) is 114 cm³/mol. The minimum absolute atomic E-state index is 0.761. The lowest BCUT2D eigenvalue weighted by molar-refractivity contribution is -0.159. The van der Waals surface area contributed by atoms with Gasteiger partial charge in [0.15, 0.2) is 0 Å². The molecular weight excluding hydrogens is 386 g/mol. The zero-order chi connectivity index (χ0) is 22.1. The zero-order valence-electron chi connectivity index (χ0n) is 17.1. The Kier molecular flexibility index (Phi) is 7.99. The van der Waals surface area contributed by atoms with Gasteiger partial charge in [-0.15, -0.1) is 0 Å². The molecule has 1 aromatic heterocycles. The monoisotopic (exact) mass is 411 g/mol. The molecular formula is C22H25N3O5. The second kappa shape index (κ2) is 10.7. The number of aromatic nitrogens is 2. The molecule has 3 rings (SSSR count). The van der Waals surface area contributed by atoms with Gasteiger partial charge in [0.05, 0.1) is 19.0 Å². The summed E-state index contributed by atoms with van der Waals surface area (Å²) in [6.07, 6.45) is 2.96. The molecule has 0 amide bonds. The number of carboxylic acids is 2. The summed E-state index contributed by atoms with van der Waals surface area (Å²) < 4.78 is 7.28. The summed E-state index contributed by atoms with van der Waals surface area (Å²) in [5, 5.41) is 18.2. The van der Waals surface area contributed by atoms with Crippen molar-refractivity contribution in [2.45, 2.75) is 19.9 Å². The summed E-state index contributed by atoms with van der Waals surface area (Å²) in [6.45, 7) is 2.93. The van der Waals surface area contributed by atoms with Crippen molar-refractivity contribution in [3.05, 3.63) is 65.9 Å². The molecule has 0 bridgehead atoms. The average molecular weight is 411 g/mol. The molecule has 1 heterocycles. The quantitative estimate of drug-likeness (QED) is 0.533. The normalized spacial score (nSPS) is 9.97. The number of rotatable bonds is 6. The number of aryl methyl sites for hydroxylation is 1. The highest BCUT2D eigenvalue weighted by atomic mass is 16.5. The molecule has 3 N–H and O–H groups in total. The van der Waals surface area contributed by atoms with Crippen LogP contribution in [0.5, 0.6) is 5.75 Å². The second-order valence-electron chi connectivity index (χ2n) is 6.39. The molecule has 0 atom stereocenters. The molecule has 0 radical (unpaired) electrons. The molecule has 0 unspecified atom stereocenters. The highest BCUT2D eigenvalue weighted by molar-refractivity contribution is 6.27. The van der Waals surface area contributed by atoms with Crippen molar-refractivity contribution in [3.8, 4) is 17.0 Å². The van der Waals surface area contributed by atoms with E-state index in [1.807, 2.05) is 37.5 Å². The molecule has 0 aliphatic heterocycles. The van der Waals surface area contributed by atoms with Crippen LogP contribution in [0.1, 0.15) is 18.1 Å². The Balaban J connectivity index is 0.000000469. The molecule has 2 aromatic carbocycles. The van der Waals surface area contributed by atoms with Crippen LogP contribution in [0.3, 0.4) is 0 Å². The van der Waals surface area contributed by atoms with Crippen molar-refractivity contribution in [1.82, 2.24) is 9.55 Å². The topological polar surface area (TPSA) is 114 Å². The smallest absolute Gasteiger partial charge is 0.414 e. The summed E-state index contributed by atoms with van der Waals surface area (Å²) in [5.74, 6) is -1.93. The first-order chi connectivity index (χ1) is 14.3. The lowest BCUT2D eigenvalue weighted by atomic mass is 10.1. The number of benzene rings is 2. The van der Waals surface area contributed by atoms with Crippen LogP contribution in [0.2, 0.25) is 0 Å². The summed E-state index contributed by atoms with van der Waals surface area (Å²) >= 11 is 0. The third-order valence-corrected chi connectivity index (χ3v) is 4.44. The van der Waals surface area contributed by atoms with E-state index in [0.717, 1.165) is 35.9 Å². The fourth-order valence-electron chi connectivity index (χ4n) is 2.68. The fourth-order valence-corrected chi connectivity index (χ4v) is 2.68. The zero-order valence-corrected chi connectivity index (χ0v) is 17.1.